The molecule has 6 heteroatoms. The van der Waals surface area contributed by atoms with Gasteiger partial charge in [0, 0.05) is 27.8 Å². The Morgan fingerprint density at radius 3 is 2.35 bits per heavy atom. The van der Waals surface area contributed by atoms with E-state index in [0.717, 1.165) is 27.8 Å². The van der Waals surface area contributed by atoms with Gasteiger partial charge >= 0.3 is 5.97 Å². The average molecular weight is 599 g/mol. The number of hydrogen-bond acceptors (Lipinski definition) is 3. The van der Waals surface area contributed by atoms with Gasteiger partial charge in [-0.1, -0.05) is 104 Å². The molecule has 0 aliphatic carbocycles. The van der Waals surface area contributed by atoms with Crippen LogP contribution in [-0.2, 0) is 14.9 Å². The molecule has 0 radical (unpaired) electrons. The minimum atomic E-state index is -1.07. The third-order valence-corrected chi connectivity index (χ3v) is 8.88. The number of benzene rings is 4. The van der Waals surface area contributed by atoms with E-state index < -0.39 is 24.8 Å². The molecule has 0 amide bonds. The van der Waals surface area contributed by atoms with Gasteiger partial charge in [-0.15, -0.1) is 0 Å². The molecule has 4 atom stereocenters. The Morgan fingerprint density at radius 2 is 1.67 bits per heavy atom. The van der Waals surface area contributed by atoms with Crippen LogP contribution in [0.1, 0.15) is 73.1 Å². The van der Waals surface area contributed by atoms with Crippen molar-refractivity contribution in [2.24, 2.45) is 5.92 Å². The summed E-state index contributed by atoms with van der Waals surface area (Å²) in [4.78, 5) is 11.5. The van der Waals surface area contributed by atoms with E-state index in [1.807, 2.05) is 67.6 Å². The van der Waals surface area contributed by atoms with E-state index in [-0.39, 0.29) is 23.1 Å². The molecule has 4 aromatic carbocycles. The first-order valence-electron chi connectivity index (χ1n) is 14.4. The molecule has 1 aliphatic heterocycles. The van der Waals surface area contributed by atoms with Crippen LogP contribution in [0.15, 0.2) is 109 Å². The van der Waals surface area contributed by atoms with E-state index >= 15 is 0 Å². The number of hydrogen-bond donors (Lipinski definition) is 1. The first-order chi connectivity index (χ1) is 20.6. The number of carboxylic acids is 1. The highest BCUT2D eigenvalue weighted by Gasteiger charge is 2.42. The molecule has 1 saturated heterocycles. The summed E-state index contributed by atoms with van der Waals surface area (Å²) in [5.41, 5.74) is 5.06. The molecule has 4 nitrogen and oxygen atoms in total. The summed E-state index contributed by atoms with van der Waals surface area (Å²) in [7, 11) is 0. The van der Waals surface area contributed by atoms with E-state index in [0.29, 0.717) is 22.8 Å². The molecule has 0 saturated carbocycles. The molecule has 0 bridgehead atoms. The highest BCUT2D eigenvalue weighted by molar-refractivity contribution is 6.31. The van der Waals surface area contributed by atoms with Crippen molar-refractivity contribution in [1.29, 1.82) is 0 Å². The van der Waals surface area contributed by atoms with Crippen LogP contribution in [0, 0.1) is 11.7 Å². The van der Waals surface area contributed by atoms with Crippen molar-refractivity contribution in [2.75, 3.05) is 6.61 Å². The lowest BCUT2D eigenvalue weighted by atomic mass is 9.72. The number of rotatable bonds is 9. The summed E-state index contributed by atoms with van der Waals surface area (Å²) >= 11 is 6.72. The van der Waals surface area contributed by atoms with Crippen LogP contribution in [0.25, 0.3) is 0 Å². The van der Waals surface area contributed by atoms with Crippen molar-refractivity contribution < 1.29 is 23.8 Å². The number of carbonyl (C=O) groups is 1. The van der Waals surface area contributed by atoms with Crippen molar-refractivity contribution >= 4 is 17.6 Å². The van der Waals surface area contributed by atoms with Crippen LogP contribution in [0.4, 0.5) is 4.39 Å². The van der Waals surface area contributed by atoms with Crippen molar-refractivity contribution in [3.8, 4) is 5.75 Å². The minimum Gasteiger partial charge on any atom is -0.482 e. The topological polar surface area (TPSA) is 55.8 Å². The van der Waals surface area contributed by atoms with E-state index in [4.69, 9.17) is 21.1 Å². The Kier molecular flexibility index (Phi) is 9.05. The molecule has 1 N–H and O–H groups in total. The Morgan fingerprint density at radius 1 is 0.953 bits per heavy atom. The third-order valence-electron chi connectivity index (χ3n) is 8.53. The second-order valence-electron chi connectivity index (χ2n) is 11.8. The van der Waals surface area contributed by atoms with Crippen LogP contribution >= 0.6 is 11.6 Å². The van der Waals surface area contributed by atoms with E-state index in [1.54, 1.807) is 6.07 Å². The van der Waals surface area contributed by atoms with Gasteiger partial charge in [0.25, 0.3) is 0 Å². The molecular weight excluding hydrogens is 563 g/mol. The number of aliphatic carboxylic acids is 1. The summed E-state index contributed by atoms with van der Waals surface area (Å²) in [5, 5.41) is 10.1. The van der Waals surface area contributed by atoms with Gasteiger partial charge in [-0.25, -0.2) is 9.18 Å². The fourth-order valence-electron chi connectivity index (χ4n) is 6.13. The molecule has 5 rings (SSSR count). The summed E-state index contributed by atoms with van der Waals surface area (Å²) in [5.74, 6) is -1.33. The quantitative estimate of drug-likeness (QED) is 0.195. The van der Waals surface area contributed by atoms with Crippen LogP contribution in [0.3, 0.4) is 0 Å². The van der Waals surface area contributed by atoms with Gasteiger partial charge in [-0.3, -0.25) is 0 Å². The van der Waals surface area contributed by atoms with Gasteiger partial charge in [0.1, 0.15) is 11.6 Å². The predicted molar refractivity (Wildman–Crippen MR) is 168 cm³/mol. The Hall–Kier alpha value is -3.93. The fraction of sp³-hybridized carbons (Fsp3) is 0.270. The Balaban J connectivity index is 1.66. The maximum Gasteiger partial charge on any atom is 0.341 e. The van der Waals surface area contributed by atoms with E-state index in [1.165, 1.54) is 12.1 Å². The van der Waals surface area contributed by atoms with Crippen molar-refractivity contribution in [2.45, 2.75) is 50.7 Å². The second kappa shape index (κ2) is 12.7. The lowest BCUT2D eigenvalue weighted by Crippen LogP contribution is -2.32. The molecule has 43 heavy (non-hydrogen) atoms. The smallest absolute Gasteiger partial charge is 0.341 e. The zero-order valence-corrected chi connectivity index (χ0v) is 25.4. The van der Waals surface area contributed by atoms with Gasteiger partial charge in [0.2, 0.25) is 0 Å². The summed E-state index contributed by atoms with van der Waals surface area (Å²) < 4.78 is 27.4. The lowest BCUT2D eigenvalue weighted by Gasteiger charge is -2.43. The van der Waals surface area contributed by atoms with Gasteiger partial charge in [-0.05, 0) is 65.9 Å². The summed E-state index contributed by atoms with van der Waals surface area (Å²) in [6.45, 7) is 10.1. The molecule has 0 spiro atoms. The van der Waals surface area contributed by atoms with Gasteiger partial charge < -0.3 is 14.6 Å². The molecule has 1 aliphatic rings. The zero-order chi connectivity index (χ0) is 30.7. The number of ether oxygens (including phenoxy) is 2. The first-order valence-corrected chi connectivity index (χ1v) is 14.8. The number of carboxylic acid groups (broad SMARTS) is 1. The highest BCUT2D eigenvalue weighted by Crippen LogP contribution is 2.54. The fourth-order valence-corrected chi connectivity index (χ4v) is 6.41. The van der Waals surface area contributed by atoms with Crippen molar-refractivity contribution in [3.63, 3.8) is 0 Å². The molecule has 0 unspecified atom stereocenters. The normalized spacial score (nSPS) is 20.4. The summed E-state index contributed by atoms with van der Waals surface area (Å²) in [6.07, 6.45) is -0.440. The number of halogens is 2. The summed E-state index contributed by atoms with van der Waals surface area (Å²) in [6, 6.07) is 30.2. The Labute approximate surface area is 257 Å². The van der Waals surface area contributed by atoms with Crippen LogP contribution < -0.4 is 4.74 Å². The van der Waals surface area contributed by atoms with Crippen LogP contribution in [-0.4, -0.2) is 17.7 Å². The first kappa shape index (κ1) is 30.5. The molecule has 1 heterocycles. The SMILES string of the molecule is C=C(C)[C@H]1C[C@H](c2ccccc2Cl)[C@H](c2cccc(F)c2)O[C@@H]1c1cc(C(C)(C)c2ccccc2)ccc1OCC(=O)O. The molecule has 0 aromatic heterocycles. The average Bonchev–Trinajstić information content (AvgIpc) is 3.00. The standard InChI is InChI=1S/C37H36ClFO4/c1-23(2)29-21-30(28-15-8-9-16-32(28)38)35(24-11-10-14-27(39)19-24)43-36(29)31-20-26(17-18-33(31)42-22-34(40)41)37(3,4)25-12-6-5-7-13-25/h5-20,29-30,35-36H,1,21-22H2,2-4H3,(H,40,41)/t29-,30-,35+,36+/m1/s1. The van der Waals surface area contributed by atoms with Gasteiger partial charge in [0.15, 0.2) is 6.61 Å². The lowest BCUT2D eigenvalue weighted by molar-refractivity contribution is -0.139. The molecule has 4 aromatic rings. The third kappa shape index (κ3) is 6.53. The second-order valence-corrected chi connectivity index (χ2v) is 12.2. The molecule has 1 fully saturated rings. The zero-order valence-electron chi connectivity index (χ0n) is 24.6. The molecule has 222 valence electrons. The highest BCUT2D eigenvalue weighted by atomic mass is 35.5. The largest absolute Gasteiger partial charge is 0.482 e. The van der Waals surface area contributed by atoms with Gasteiger partial charge in [-0.2, -0.15) is 0 Å². The maximum absolute atomic E-state index is 14.6. The van der Waals surface area contributed by atoms with E-state index in [2.05, 4.69) is 38.6 Å². The Bertz CT molecular complexity index is 1620. The van der Waals surface area contributed by atoms with Crippen LogP contribution in [0.2, 0.25) is 5.02 Å². The van der Waals surface area contributed by atoms with Crippen molar-refractivity contribution in [1.82, 2.24) is 0 Å². The van der Waals surface area contributed by atoms with E-state index in [9.17, 15) is 14.3 Å². The molecular formula is C37H36ClFO4. The van der Waals surface area contributed by atoms with Gasteiger partial charge in [0.05, 0.1) is 12.2 Å². The monoisotopic (exact) mass is 598 g/mol. The minimum absolute atomic E-state index is 0.159. The van der Waals surface area contributed by atoms with Crippen molar-refractivity contribution in [3.05, 3.63) is 148 Å². The van der Waals surface area contributed by atoms with Crippen LogP contribution in [0.5, 0.6) is 5.75 Å². The maximum atomic E-state index is 14.6. The predicted octanol–water partition coefficient (Wildman–Crippen LogP) is 9.45.